The highest BCUT2D eigenvalue weighted by molar-refractivity contribution is 7.99. The molecule has 1 fully saturated rings. The van der Waals surface area contributed by atoms with Crippen LogP contribution in [0, 0.1) is 20.8 Å². The molecule has 1 amide bonds. The Morgan fingerprint density at radius 3 is 2.49 bits per heavy atom. The van der Waals surface area contributed by atoms with Gasteiger partial charge in [-0.25, -0.2) is 0 Å². The summed E-state index contributed by atoms with van der Waals surface area (Å²) in [6.45, 7) is 11.8. The first-order chi connectivity index (χ1) is 16.9. The van der Waals surface area contributed by atoms with Crippen LogP contribution in [0.5, 0.6) is 0 Å². The summed E-state index contributed by atoms with van der Waals surface area (Å²) in [5, 5.41) is 0. The van der Waals surface area contributed by atoms with Crippen LogP contribution in [0.15, 0.2) is 69.4 Å². The molecular formula is C30H33N3OS. The van der Waals surface area contributed by atoms with Crippen molar-refractivity contribution in [2.75, 3.05) is 31.1 Å². The van der Waals surface area contributed by atoms with E-state index in [-0.39, 0.29) is 5.91 Å². The Balaban J connectivity index is 1.37. The van der Waals surface area contributed by atoms with E-state index < -0.39 is 0 Å². The molecule has 5 heteroatoms. The maximum atomic E-state index is 13.5. The summed E-state index contributed by atoms with van der Waals surface area (Å²) in [6.07, 6.45) is 1.96. The normalized spacial score (nSPS) is 15.3. The van der Waals surface area contributed by atoms with E-state index in [4.69, 9.17) is 4.99 Å². The number of anilines is 1. The van der Waals surface area contributed by atoms with Crippen molar-refractivity contribution in [3.05, 3.63) is 82.4 Å². The monoisotopic (exact) mass is 483 g/mol. The summed E-state index contributed by atoms with van der Waals surface area (Å²) >= 11 is 1.75. The summed E-state index contributed by atoms with van der Waals surface area (Å²) in [5.74, 6) is 0.100. The largest absolute Gasteiger partial charge is 0.368 e. The van der Waals surface area contributed by atoms with Gasteiger partial charge in [0.1, 0.15) is 0 Å². The Labute approximate surface area is 213 Å². The third kappa shape index (κ3) is 4.74. The van der Waals surface area contributed by atoms with E-state index >= 15 is 0 Å². The number of carbonyl (C=O) groups is 1. The molecule has 1 saturated heterocycles. The Morgan fingerprint density at radius 2 is 1.71 bits per heavy atom. The quantitative estimate of drug-likeness (QED) is 0.402. The minimum absolute atomic E-state index is 0.100. The van der Waals surface area contributed by atoms with Crippen LogP contribution in [0.2, 0.25) is 0 Å². The zero-order chi connectivity index (χ0) is 24.5. The van der Waals surface area contributed by atoms with E-state index in [2.05, 4.69) is 75.1 Å². The first-order valence-electron chi connectivity index (χ1n) is 12.6. The second-order valence-corrected chi connectivity index (χ2v) is 10.7. The number of hydrogen-bond acceptors (Lipinski definition) is 4. The Kier molecular flexibility index (Phi) is 6.70. The molecular weight excluding hydrogens is 450 g/mol. The van der Waals surface area contributed by atoms with Crippen molar-refractivity contribution in [1.29, 1.82) is 0 Å². The number of fused-ring (bicyclic) bond motifs is 2. The SMILES string of the molecule is CCCC1=Nc2cc(C(=O)N3CCN(c4cccc(C)c4C)CC3)ccc2Sc2ccc(C)cc21. The highest BCUT2D eigenvalue weighted by atomic mass is 32.2. The van der Waals surface area contributed by atoms with E-state index in [0.29, 0.717) is 0 Å². The number of nitrogens with zero attached hydrogens (tertiary/aromatic N) is 3. The van der Waals surface area contributed by atoms with Gasteiger partial charge in [-0.2, -0.15) is 0 Å². The number of hydrogen-bond donors (Lipinski definition) is 0. The van der Waals surface area contributed by atoms with Crippen molar-refractivity contribution in [2.24, 2.45) is 4.99 Å². The molecule has 4 nitrogen and oxygen atoms in total. The van der Waals surface area contributed by atoms with E-state index in [0.717, 1.165) is 60.9 Å². The molecule has 180 valence electrons. The van der Waals surface area contributed by atoms with Crippen LogP contribution in [0.3, 0.4) is 0 Å². The Morgan fingerprint density at radius 1 is 0.943 bits per heavy atom. The molecule has 2 aliphatic rings. The summed E-state index contributed by atoms with van der Waals surface area (Å²) in [7, 11) is 0. The van der Waals surface area contributed by atoms with Gasteiger partial charge in [0.2, 0.25) is 0 Å². The lowest BCUT2D eigenvalue weighted by atomic mass is 10.0. The molecule has 0 saturated carbocycles. The van der Waals surface area contributed by atoms with Crippen LogP contribution in [0.25, 0.3) is 0 Å². The molecule has 0 N–H and O–H groups in total. The molecule has 2 heterocycles. The highest BCUT2D eigenvalue weighted by Gasteiger charge is 2.25. The minimum atomic E-state index is 0.100. The fourth-order valence-corrected chi connectivity index (χ4v) is 5.95. The molecule has 3 aromatic carbocycles. The van der Waals surface area contributed by atoms with Crippen LogP contribution in [-0.2, 0) is 0 Å². The number of amides is 1. The molecule has 0 aromatic heterocycles. The number of carbonyl (C=O) groups excluding carboxylic acids is 1. The molecule has 35 heavy (non-hydrogen) atoms. The molecule has 0 bridgehead atoms. The fourth-order valence-electron chi connectivity index (χ4n) is 4.95. The van der Waals surface area contributed by atoms with Crippen molar-refractivity contribution in [3.63, 3.8) is 0 Å². The molecule has 2 aliphatic heterocycles. The van der Waals surface area contributed by atoms with Gasteiger partial charge in [0.05, 0.1) is 5.69 Å². The average Bonchev–Trinajstić information content (AvgIpc) is 3.01. The third-order valence-electron chi connectivity index (χ3n) is 7.10. The van der Waals surface area contributed by atoms with Gasteiger partial charge in [0, 0.05) is 58.5 Å². The molecule has 3 aromatic rings. The molecule has 5 rings (SSSR count). The summed E-state index contributed by atoms with van der Waals surface area (Å²) in [5.41, 5.74) is 9.14. The first kappa shape index (κ1) is 23.7. The van der Waals surface area contributed by atoms with Crippen LogP contribution < -0.4 is 4.90 Å². The Bertz CT molecular complexity index is 1300. The minimum Gasteiger partial charge on any atom is -0.368 e. The van der Waals surface area contributed by atoms with E-state index in [1.54, 1.807) is 11.8 Å². The van der Waals surface area contributed by atoms with Crippen molar-refractivity contribution < 1.29 is 4.79 Å². The number of aliphatic imine (C=N–C) groups is 1. The lowest BCUT2D eigenvalue weighted by Gasteiger charge is -2.37. The molecule has 0 unspecified atom stereocenters. The maximum Gasteiger partial charge on any atom is 0.254 e. The van der Waals surface area contributed by atoms with Crippen molar-refractivity contribution in [1.82, 2.24) is 4.90 Å². The maximum absolute atomic E-state index is 13.5. The van der Waals surface area contributed by atoms with E-state index in [1.807, 2.05) is 17.0 Å². The number of piperazine rings is 1. The second kappa shape index (κ2) is 9.90. The molecule has 0 radical (unpaired) electrons. The van der Waals surface area contributed by atoms with Gasteiger partial charge in [0.15, 0.2) is 0 Å². The zero-order valence-corrected chi connectivity index (χ0v) is 21.9. The van der Waals surface area contributed by atoms with E-state index in [1.165, 1.54) is 32.8 Å². The Hall–Kier alpha value is -3.05. The van der Waals surface area contributed by atoms with Crippen LogP contribution >= 0.6 is 11.8 Å². The van der Waals surface area contributed by atoms with E-state index in [9.17, 15) is 4.79 Å². The topological polar surface area (TPSA) is 35.9 Å². The van der Waals surface area contributed by atoms with Crippen LogP contribution in [0.4, 0.5) is 11.4 Å². The van der Waals surface area contributed by atoms with Gasteiger partial charge in [-0.15, -0.1) is 0 Å². The average molecular weight is 484 g/mol. The van der Waals surface area contributed by atoms with Gasteiger partial charge in [0.25, 0.3) is 5.91 Å². The van der Waals surface area contributed by atoms with Crippen LogP contribution in [0.1, 0.15) is 52.4 Å². The van der Waals surface area contributed by atoms with Crippen LogP contribution in [-0.4, -0.2) is 42.7 Å². The number of aryl methyl sites for hydroxylation is 2. The summed E-state index contributed by atoms with van der Waals surface area (Å²) in [4.78, 5) is 25.3. The predicted octanol–water partition coefficient (Wildman–Crippen LogP) is 6.96. The number of benzene rings is 3. The number of rotatable bonds is 4. The lowest BCUT2D eigenvalue weighted by Crippen LogP contribution is -2.49. The third-order valence-corrected chi connectivity index (χ3v) is 8.24. The van der Waals surface area contributed by atoms with Gasteiger partial charge in [-0.1, -0.05) is 48.9 Å². The van der Waals surface area contributed by atoms with Crippen molar-refractivity contribution in [2.45, 2.75) is 50.3 Å². The predicted molar refractivity (Wildman–Crippen MR) is 147 cm³/mol. The lowest BCUT2D eigenvalue weighted by molar-refractivity contribution is 0.0746. The zero-order valence-electron chi connectivity index (χ0n) is 21.1. The fraction of sp³-hybridized carbons (Fsp3) is 0.333. The van der Waals surface area contributed by atoms with Gasteiger partial charge < -0.3 is 9.80 Å². The van der Waals surface area contributed by atoms with Crippen molar-refractivity contribution in [3.8, 4) is 0 Å². The second-order valence-electron chi connectivity index (χ2n) is 9.59. The molecule has 0 spiro atoms. The van der Waals surface area contributed by atoms with Gasteiger partial charge in [-0.05, 0) is 74.7 Å². The van der Waals surface area contributed by atoms with Crippen molar-refractivity contribution >= 4 is 34.8 Å². The van der Waals surface area contributed by atoms with Gasteiger partial charge >= 0.3 is 0 Å². The first-order valence-corrected chi connectivity index (χ1v) is 13.4. The summed E-state index contributed by atoms with van der Waals surface area (Å²) in [6, 6.07) is 19.1. The summed E-state index contributed by atoms with van der Waals surface area (Å²) < 4.78 is 0. The van der Waals surface area contributed by atoms with Gasteiger partial charge in [-0.3, -0.25) is 9.79 Å². The smallest absolute Gasteiger partial charge is 0.254 e. The molecule has 0 aliphatic carbocycles. The highest BCUT2D eigenvalue weighted by Crippen LogP contribution is 2.41. The molecule has 0 atom stereocenters. The standard InChI is InChI=1S/C30H33N3OS/c1-5-7-25-24-18-20(2)10-12-28(24)35-29-13-11-23(19-26(29)31-25)30(34)33-16-14-32(15-17-33)27-9-6-8-21(3)22(27)4/h6,8-13,18-19H,5,7,14-17H2,1-4H3.